The third-order valence-corrected chi connectivity index (χ3v) is 3.50. The van der Waals surface area contributed by atoms with Crippen LogP contribution in [0.2, 0.25) is 0 Å². The average Bonchev–Trinajstić information content (AvgIpc) is 2.59. The molecule has 0 spiro atoms. The second-order valence-electron chi connectivity index (χ2n) is 5.09. The SMILES string of the molecule is CCC(Oc1ccccc1)C(Oc1ccccc1)(C(=O)O)C(=O)O. The van der Waals surface area contributed by atoms with Crippen LogP contribution < -0.4 is 9.47 Å². The van der Waals surface area contributed by atoms with E-state index >= 15 is 0 Å². The summed E-state index contributed by atoms with van der Waals surface area (Å²) in [6.07, 6.45) is -1.10. The molecule has 0 aliphatic rings. The second kappa shape index (κ2) is 7.50. The van der Waals surface area contributed by atoms with E-state index in [1.54, 1.807) is 55.5 Å². The van der Waals surface area contributed by atoms with Crippen molar-refractivity contribution in [2.45, 2.75) is 25.0 Å². The van der Waals surface area contributed by atoms with Gasteiger partial charge in [0.05, 0.1) is 0 Å². The lowest BCUT2D eigenvalue weighted by Gasteiger charge is -2.33. The monoisotopic (exact) mass is 330 g/mol. The van der Waals surface area contributed by atoms with Gasteiger partial charge < -0.3 is 19.7 Å². The van der Waals surface area contributed by atoms with E-state index in [2.05, 4.69) is 0 Å². The van der Waals surface area contributed by atoms with Crippen LogP contribution in [0, 0.1) is 0 Å². The minimum absolute atomic E-state index is 0.125. The fourth-order valence-electron chi connectivity index (χ4n) is 2.31. The smallest absolute Gasteiger partial charge is 0.364 e. The lowest BCUT2D eigenvalue weighted by molar-refractivity contribution is -0.182. The largest absolute Gasteiger partial charge is 0.485 e. The Morgan fingerprint density at radius 1 is 0.917 bits per heavy atom. The highest BCUT2D eigenvalue weighted by molar-refractivity contribution is 6.03. The Hall–Kier alpha value is -3.02. The molecule has 2 aromatic carbocycles. The molecule has 0 saturated carbocycles. The molecular weight excluding hydrogens is 312 g/mol. The van der Waals surface area contributed by atoms with E-state index in [1.165, 1.54) is 12.1 Å². The average molecular weight is 330 g/mol. The molecule has 6 nitrogen and oxygen atoms in total. The van der Waals surface area contributed by atoms with E-state index in [0.29, 0.717) is 5.75 Å². The van der Waals surface area contributed by atoms with Crippen molar-refractivity contribution < 1.29 is 29.3 Å². The third-order valence-electron chi connectivity index (χ3n) is 3.50. The Bertz CT molecular complexity index is 669. The maximum atomic E-state index is 11.9. The molecule has 0 heterocycles. The van der Waals surface area contributed by atoms with Crippen LogP contribution >= 0.6 is 0 Å². The van der Waals surface area contributed by atoms with Crippen LogP contribution in [-0.4, -0.2) is 33.9 Å². The van der Waals surface area contributed by atoms with Crippen molar-refractivity contribution in [1.29, 1.82) is 0 Å². The molecule has 0 radical (unpaired) electrons. The molecule has 0 saturated heterocycles. The van der Waals surface area contributed by atoms with E-state index in [0.717, 1.165) is 0 Å². The Balaban J connectivity index is 2.42. The van der Waals surface area contributed by atoms with Gasteiger partial charge in [-0.05, 0) is 30.7 Å². The molecular formula is C18H18O6. The highest BCUT2D eigenvalue weighted by Gasteiger charge is 2.57. The lowest BCUT2D eigenvalue weighted by Crippen LogP contribution is -2.62. The molecule has 0 bridgehead atoms. The maximum absolute atomic E-state index is 11.9. The Morgan fingerprint density at radius 3 is 1.79 bits per heavy atom. The lowest BCUT2D eigenvalue weighted by atomic mass is 9.94. The first-order valence-corrected chi connectivity index (χ1v) is 7.43. The number of carboxylic acid groups (broad SMARTS) is 2. The standard InChI is InChI=1S/C18H18O6/c1-2-15(23-13-9-5-3-6-10-13)18(16(19)20,17(21)22)24-14-11-7-4-8-12-14/h3-12,15H,2H2,1H3,(H,19,20)(H,21,22). The molecule has 2 rings (SSSR count). The second-order valence-corrected chi connectivity index (χ2v) is 5.09. The summed E-state index contributed by atoms with van der Waals surface area (Å²) >= 11 is 0. The normalized spacial score (nSPS) is 12.2. The van der Waals surface area contributed by atoms with E-state index in [-0.39, 0.29) is 12.2 Å². The van der Waals surface area contributed by atoms with Crippen molar-refractivity contribution in [3.63, 3.8) is 0 Å². The third kappa shape index (κ3) is 3.48. The van der Waals surface area contributed by atoms with Gasteiger partial charge >= 0.3 is 17.5 Å². The quantitative estimate of drug-likeness (QED) is 0.723. The molecule has 0 aromatic heterocycles. The first kappa shape index (κ1) is 17.3. The summed E-state index contributed by atoms with van der Waals surface area (Å²) in [5.41, 5.74) is -2.56. The zero-order valence-corrected chi connectivity index (χ0v) is 13.1. The number of carboxylic acids is 2. The van der Waals surface area contributed by atoms with Crippen molar-refractivity contribution in [1.82, 2.24) is 0 Å². The van der Waals surface area contributed by atoms with E-state index in [1.807, 2.05) is 0 Å². The summed E-state index contributed by atoms with van der Waals surface area (Å²) in [7, 11) is 0. The molecule has 2 aromatic rings. The van der Waals surface area contributed by atoms with Gasteiger partial charge in [0.25, 0.3) is 0 Å². The number of rotatable bonds is 8. The van der Waals surface area contributed by atoms with Gasteiger partial charge in [-0.2, -0.15) is 0 Å². The first-order valence-electron chi connectivity index (χ1n) is 7.43. The van der Waals surface area contributed by atoms with Crippen LogP contribution in [0.1, 0.15) is 13.3 Å². The van der Waals surface area contributed by atoms with Gasteiger partial charge in [-0.25, -0.2) is 9.59 Å². The highest BCUT2D eigenvalue weighted by atomic mass is 16.6. The predicted octanol–water partition coefficient (Wildman–Crippen LogP) is 2.83. The van der Waals surface area contributed by atoms with Gasteiger partial charge in [0, 0.05) is 0 Å². The summed E-state index contributed by atoms with van der Waals surface area (Å²) in [5, 5.41) is 19.3. The van der Waals surface area contributed by atoms with Crippen molar-refractivity contribution >= 4 is 11.9 Å². The zero-order valence-electron chi connectivity index (χ0n) is 13.1. The van der Waals surface area contributed by atoms with Crippen LogP contribution in [0.5, 0.6) is 11.5 Å². The molecule has 24 heavy (non-hydrogen) atoms. The van der Waals surface area contributed by atoms with E-state index in [4.69, 9.17) is 9.47 Å². The summed E-state index contributed by atoms with van der Waals surface area (Å²) in [5.74, 6) is -2.74. The summed E-state index contributed by atoms with van der Waals surface area (Å²) < 4.78 is 11.1. The summed E-state index contributed by atoms with van der Waals surface area (Å²) in [4.78, 5) is 23.7. The minimum atomic E-state index is -2.56. The topological polar surface area (TPSA) is 93.1 Å². The number of para-hydroxylation sites is 2. The van der Waals surface area contributed by atoms with Crippen LogP contribution in [0.15, 0.2) is 60.7 Å². The number of hydrogen-bond acceptors (Lipinski definition) is 4. The first-order chi connectivity index (χ1) is 11.5. The molecule has 0 fully saturated rings. The van der Waals surface area contributed by atoms with Gasteiger partial charge in [-0.15, -0.1) is 0 Å². The molecule has 1 atom stereocenters. The number of ether oxygens (including phenoxy) is 2. The molecule has 2 N–H and O–H groups in total. The van der Waals surface area contributed by atoms with Crippen molar-refractivity contribution in [3.05, 3.63) is 60.7 Å². The van der Waals surface area contributed by atoms with E-state index < -0.39 is 23.6 Å². The van der Waals surface area contributed by atoms with Crippen LogP contribution in [0.25, 0.3) is 0 Å². The number of hydrogen-bond donors (Lipinski definition) is 2. The van der Waals surface area contributed by atoms with Crippen molar-refractivity contribution in [3.8, 4) is 11.5 Å². The molecule has 6 heteroatoms. The van der Waals surface area contributed by atoms with E-state index in [9.17, 15) is 19.8 Å². The zero-order chi connectivity index (χ0) is 17.6. The van der Waals surface area contributed by atoms with Gasteiger partial charge in [0.15, 0.2) is 6.10 Å². The highest BCUT2D eigenvalue weighted by Crippen LogP contribution is 2.28. The molecule has 0 aliphatic carbocycles. The number of aliphatic carboxylic acids is 2. The molecule has 126 valence electrons. The van der Waals surface area contributed by atoms with Gasteiger partial charge in [0.2, 0.25) is 0 Å². The van der Waals surface area contributed by atoms with Crippen molar-refractivity contribution in [2.75, 3.05) is 0 Å². The van der Waals surface area contributed by atoms with Crippen LogP contribution in [-0.2, 0) is 9.59 Å². The summed E-state index contributed by atoms with van der Waals surface area (Å²) in [6, 6.07) is 16.4. The van der Waals surface area contributed by atoms with Crippen LogP contribution in [0.4, 0.5) is 0 Å². The fourth-order valence-corrected chi connectivity index (χ4v) is 2.31. The minimum Gasteiger partial charge on any atom is -0.485 e. The fraction of sp³-hybridized carbons (Fsp3) is 0.222. The van der Waals surface area contributed by atoms with Crippen LogP contribution in [0.3, 0.4) is 0 Å². The molecule has 1 unspecified atom stereocenters. The van der Waals surface area contributed by atoms with Gasteiger partial charge in [-0.1, -0.05) is 43.3 Å². The predicted molar refractivity (Wildman–Crippen MR) is 86.2 cm³/mol. The molecule has 0 aliphatic heterocycles. The van der Waals surface area contributed by atoms with Gasteiger partial charge in [0.1, 0.15) is 11.5 Å². The Kier molecular flexibility index (Phi) is 5.42. The maximum Gasteiger partial charge on any atom is 0.364 e. The Labute approximate surface area is 139 Å². The molecule has 0 amide bonds. The Morgan fingerprint density at radius 2 is 1.38 bits per heavy atom. The number of benzene rings is 2. The van der Waals surface area contributed by atoms with Crippen molar-refractivity contribution in [2.24, 2.45) is 0 Å². The summed E-state index contributed by atoms with van der Waals surface area (Å²) in [6.45, 7) is 1.64. The number of carbonyl (C=O) groups is 2. The van der Waals surface area contributed by atoms with Gasteiger partial charge in [-0.3, -0.25) is 0 Å².